The molecule has 1 heterocycles. The number of hydrogen-bond acceptors (Lipinski definition) is 12. The second kappa shape index (κ2) is 13.8. The molecule has 0 fully saturated rings. The maximum absolute atomic E-state index is 11.5. The third-order valence-electron chi connectivity index (χ3n) is 4.14. The van der Waals surface area contributed by atoms with Crippen LogP contribution in [-0.2, 0) is 20.2 Å². The monoisotopic (exact) mass is 652 g/mol. The number of nitrogens with zero attached hydrogens (tertiary/aromatic N) is 5. The van der Waals surface area contributed by atoms with Crippen molar-refractivity contribution in [3.05, 3.63) is 50.9 Å². The van der Waals surface area contributed by atoms with Crippen molar-refractivity contribution in [1.29, 1.82) is 0 Å². The molecule has 1 aromatic heterocycles. The van der Waals surface area contributed by atoms with Gasteiger partial charge in [-0.15, -0.1) is 5.11 Å². The van der Waals surface area contributed by atoms with E-state index < -0.39 is 30.9 Å². The van der Waals surface area contributed by atoms with Gasteiger partial charge in [0.05, 0.1) is 38.1 Å². The third kappa shape index (κ3) is 9.98. The Balaban J connectivity index is 0.00000507. The fourth-order valence-corrected chi connectivity index (χ4v) is 4.65. The van der Waals surface area contributed by atoms with Gasteiger partial charge in [-0.1, -0.05) is 23.2 Å². The number of nitrogens with one attached hydrogen (secondary N) is 1. The molecule has 2 aromatic carbocycles. The van der Waals surface area contributed by atoms with Crippen molar-refractivity contribution in [2.24, 2.45) is 10.2 Å². The second-order valence-electron chi connectivity index (χ2n) is 6.88. The standard InChI is InChI=1S/C18H14Cl4N6O7S2.Na/c19-10-3-2-9(6-15(10)37(32,33)34)27-28-12-8-14(35-4-1-5-36(29,30)31)13(7-11(12)20)23-18-25-16(21)24-17(22)26-18;/h2-3,6-8H,1,4-5H2,(H,29,30,31)(H,32,33,34)(H,23,24,25,26);/q;+1/p-1. The number of anilines is 2. The first kappa shape index (κ1) is 32.8. The van der Waals surface area contributed by atoms with Gasteiger partial charge in [0.25, 0.3) is 10.1 Å². The number of benzene rings is 2. The fraction of sp³-hybridized carbons (Fsp3) is 0.167. The van der Waals surface area contributed by atoms with E-state index in [1.165, 1.54) is 24.3 Å². The molecule has 13 nitrogen and oxygen atoms in total. The van der Waals surface area contributed by atoms with E-state index in [0.29, 0.717) is 0 Å². The number of halogens is 4. The van der Waals surface area contributed by atoms with E-state index >= 15 is 0 Å². The predicted molar refractivity (Wildman–Crippen MR) is 135 cm³/mol. The van der Waals surface area contributed by atoms with E-state index in [0.717, 1.165) is 6.07 Å². The van der Waals surface area contributed by atoms with Crippen LogP contribution in [0.25, 0.3) is 0 Å². The first-order chi connectivity index (χ1) is 17.2. The molecule has 38 heavy (non-hydrogen) atoms. The Labute approximate surface area is 258 Å². The average molecular weight is 654 g/mol. The molecule has 20 heteroatoms. The quantitative estimate of drug-likeness (QED) is 0.141. The molecule has 3 rings (SSSR count). The average Bonchev–Trinajstić information content (AvgIpc) is 2.76. The summed E-state index contributed by atoms with van der Waals surface area (Å²) in [6.45, 7) is -0.179. The van der Waals surface area contributed by atoms with Gasteiger partial charge in [-0.05, 0) is 53.9 Å². The largest absolute Gasteiger partial charge is 1.00 e. The van der Waals surface area contributed by atoms with Crippen molar-refractivity contribution in [1.82, 2.24) is 15.0 Å². The molecule has 0 atom stereocenters. The molecule has 0 radical (unpaired) electrons. The van der Waals surface area contributed by atoms with Crippen LogP contribution >= 0.6 is 46.4 Å². The first-order valence-electron chi connectivity index (χ1n) is 9.64. The second-order valence-corrected chi connectivity index (χ2v) is 11.3. The first-order valence-corrected chi connectivity index (χ1v) is 14.2. The van der Waals surface area contributed by atoms with Crippen molar-refractivity contribution >= 4 is 89.7 Å². The number of aromatic nitrogens is 3. The Morgan fingerprint density at radius 2 is 1.61 bits per heavy atom. The van der Waals surface area contributed by atoms with Crippen LogP contribution in [0, 0.1) is 0 Å². The van der Waals surface area contributed by atoms with Crippen molar-refractivity contribution in [2.75, 3.05) is 17.7 Å². The van der Waals surface area contributed by atoms with Crippen LogP contribution in [-0.4, -0.2) is 53.3 Å². The molecule has 0 aliphatic carbocycles. The van der Waals surface area contributed by atoms with E-state index in [4.69, 9.17) is 51.1 Å². The molecule has 0 saturated carbocycles. The SMILES string of the molecule is O=S(=O)([O-])CCCOc1cc(N=Nc2ccc(Cl)c(S(=O)(=O)O)c2)c(Cl)cc1Nc1nc(Cl)nc(Cl)n1.[Na+]. The summed E-state index contributed by atoms with van der Waals surface area (Å²) in [4.78, 5) is 10.8. The van der Waals surface area contributed by atoms with E-state index in [1.807, 2.05) is 0 Å². The molecule has 3 aromatic rings. The third-order valence-corrected chi connectivity index (χ3v) is 6.90. The molecule has 0 amide bonds. The smallest absolute Gasteiger partial charge is 0.748 e. The normalized spacial score (nSPS) is 11.8. The van der Waals surface area contributed by atoms with Crippen LogP contribution in [0.1, 0.15) is 6.42 Å². The van der Waals surface area contributed by atoms with Crippen LogP contribution in [0.3, 0.4) is 0 Å². The van der Waals surface area contributed by atoms with E-state index in [9.17, 15) is 25.9 Å². The molecule has 0 aliphatic heterocycles. The molecule has 0 aliphatic rings. The number of ether oxygens (including phenoxy) is 1. The van der Waals surface area contributed by atoms with Crippen LogP contribution in [0.2, 0.25) is 20.6 Å². The number of rotatable bonds is 10. The van der Waals surface area contributed by atoms with Crippen molar-refractivity contribution in [3.63, 3.8) is 0 Å². The van der Waals surface area contributed by atoms with Crippen LogP contribution in [0.5, 0.6) is 5.75 Å². The van der Waals surface area contributed by atoms with Gasteiger partial charge in [0, 0.05) is 11.8 Å². The topological polar surface area (TPSA) is 196 Å². The Kier molecular flexibility index (Phi) is 11.9. The summed E-state index contributed by atoms with van der Waals surface area (Å²) in [5.41, 5.74) is 0.258. The molecular weight excluding hydrogens is 641 g/mol. The maximum Gasteiger partial charge on any atom is 1.00 e. The number of azo groups is 1. The molecule has 0 unspecified atom stereocenters. The molecular formula is C18H13Cl4N6NaO7S2. The maximum atomic E-state index is 11.5. The van der Waals surface area contributed by atoms with Gasteiger partial charge >= 0.3 is 29.6 Å². The predicted octanol–water partition coefficient (Wildman–Crippen LogP) is 2.21. The Morgan fingerprint density at radius 3 is 2.21 bits per heavy atom. The zero-order chi connectivity index (χ0) is 27.4. The van der Waals surface area contributed by atoms with E-state index in [1.54, 1.807) is 0 Å². The van der Waals surface area contributed by atoms with Crippen molar-refractivity contribution in [3.8, 4) is 5.75 Å². The van der Waals surface area contributed by atoms with Gasteiger partial charge < -0.3 is 14.6 Å². The molecule has 198 valence electrons. The zero-order valence-electron chi connectivity index (χ0n) is 19.0. The van der Waals surface area contributed by atoms with E-state index in [2.05, 4.69) is 30.5 Å². The number of hydrogen-bond donors (Lipinski definition) is 2. The summed E-state index contributed by atoms with van der Waals surface area (Å²) in [5, 5.41) is 10.1. The van der Waals surface area contributed by atoms with Crippen LogP contribution < -0.4 is 39.6 Å². The van der Waals surface area contributed by atoms with Crippen LogP contribution in [0.4, 0.5) is 23.0 Å². The summed E-state index contributed by atoms with van der Waals surface area (Å²) in [6.07, 6.45) is -0.114. The van der Waals surface area contributed by atoms with Gasteiger partial charge in [-0.25, -0.2) is 8.42 Å². The minimum absolute atomic E-state index is 0. The van der Waals surface area contributed by atoms with Gasteiger partial charge in [-0.2, -0.15) is 28.5 Å². The molecule has 0 spiro atoms. The summed E-state index contributed by atoms with van der Waals surface area (Å²) in [5.74, 6) is -0.647. The summed E-state index contributed by atoms with van der Waals surface area (Å²) in [6, 6.07) is 6.23. The zero-order valence-corrected chi connectivity index (χ0v) is 25.6. The van der Waals surface area contributed by atoms with E-state index in [-0.39, 0.29) is 92.0 Å². The Hall–Kier alpha value is -1.37. The Morgan fingerprint density at radius 1 is 0.947 bits per heavy atom. The van der Waals surface area contributed by atoms with Crippen molar-refractivity contribution in [2.45, 2.75) is 11.3 Å². The Bertz CT molecular complexity index is 1560. The summed E-state index contributed by atoms with van der Waals surface area (Å²) >= 11 is 23.7. The summed E-state index contributed by atoms with van der Waals surface area (Å²) < 4.78 is 70.4. The molecule has 0 saturated heterocycles. The minimum atomic E-state index is -4.61. The van der Waals surface area contributed by atoms with Gasteiger partial charge in [0.15, 0.2) is 0 Å². The minimum Gasteiger partial charge on any atom is -0.748 e. The molecule has 0 bridgehead atoms. The summed E-state index contributed by atoms with van der Waals surface area (Å²) in [7, 11) is -9.05. The van der Waals surface area contributed by atoms with Crippen LogP contribution in [0.15, 0.2) is 45.5 Å². The van der Waals surface area contributed by atoms with Gasteiger partial charge in [0.2, 0.25) is 16.5 Å². The van der Waals surface area contributed by atoms with Gasteiger partial charge in [-0.3, -0.25) is 4.55 Å². The van der Waals surface area contributed by atoms with Crippen molar-refractivity contribution < 1.29 is 60.2 Å². The fourth-order valence-electron chi connectivity index (χ4n) is 2.62. The van der Waals surface area contributed by atoms with Gasteiger partial charge in [0.1, 0.15) is 16.3 Å². The molecule has 2 N–H and O–H groups in total.